The Morgan fingerprint density at radius 1 is 1.17 bits per heavy atom. The summed E-state index contributed by atoms with van der Waals surface area (Å²) in [5.74, 6) is 1.74. The molecule has 186 valence electrons. The summed E-state index contributed by atoms with van der Waals surface area (Å²) in [7, 11) is 0. The molecule has 0 bridgehead atoms. The first-order valence-corrected chi connectivity index (χ1v) is 12.6. The summed E-state index contributed by atoms with van der Waals surface area (Å²) in [6.07, 6.45) is 7.21. The van der Waals surface area contributed by atoms with E-state index >= 15 is 0 Å². The fourth-order valence-electron chi connectivity index (χ4n) is 4.47. The fourth-order valence-corrected chi connectivity index (χ4v) is 4.47. The van der Waals surface area contributed by atoms with Crippen molar-refractivity contribution in [2.45, 2.75) is 45.1 Å². The van der Waals surface area contributed by atoms with Gasteiger partial charge in [-0.05, 0) is 76.4 Å². The van der Waals surface area contributed by atoms with Gasteiger partial charge in [0.25, 0.3) is 0 Å². The monoisotopic (exact) mass is 485 g/mol. The van der Waals surface area contributed by atoms with Crippen molar-refractivity contribution >= 4 is 22.6 Å². The third kappa shape index (κ3) is 5.69. The molecule has 2 aliphatic rings. The van der Waals surface area contributed by atoms with Crippen LogP contribution >= 0.6 is 0 Å². The van der Waals surface area contributed by atoms with Gasteiger partial charge in [0.2, 0.25) is 0 Å². The van der Waals surface area contributed by atoms with Gasteiger partial charge in [-0.25, -0.2) is 4.79 Å². The number of likely N-dealkylation sites (tertiary alicyclic amines) is 1. The van der Waals surface area contributed by atoms with Crippen LogP contribution in [-0.2, 0) is 0 Å². The molecule has 1 saturated carbocycles. The number of fused-ring (bicyclic) bond motifs is 1. The molecule has 1 aliphatic carbocycles. The lowest BCUT2D eigenvalue weighted by molar-refractivity contribution is 0.251. The molecule has 8 nitrogen and oxygen atoms in total. The molecule has 0 atom stereocenters. The summed E-state index contributed by atoms with van der Waals surface area (Å²) in [5, 5.41) is 16.3. The van der Waals surface area contributed by atoms with Crippen LogP contribution in [0.1, 0.15) is 43.2 Å². The molecule has 2 amide bonds. The van der Waals surface area contributed by atoms with Crippen LogP contribution < -0.4 is 20.1 Å². The number of nitrogens with one attached hydrogen (secondary N) is 2. The van der Waals surface area contributed by atoms with E-state index in [0.717, 1.165) is 49.8 Å². The number of pyridine rings is 1. The van der Waals surface area contributed by atoms with E-state index in [1.165, 1.54) is 12.8 Å². The maximum absolute atomic E-state index is 12.2. The third-order valence-electron chi connectivity index (χ3n) is 6.66. The summed E-state index contributed by atoms with van der Waals surface area (Å²) in [6, 6.07) is 13.2. The fraction of sp³-hybridized carbons (Fsp3) is 0.393. The molecule has 1 aromatic heterocycles. The third-order valence-corrected chi connectivity index (χ3v) is 6.66. The molecule has 5 rings (SSSR count). The number of amides is 2. The minimum Gasteiger partial charge on any atom is -0.492 e. The van der Waals surface area contributed by atoms with Crippen molar-refractivity contribution < 1.29 is 14.3 Å². The summed E-state index contributed by atoms with van der Waals surface area (Å²) in [6.45, 7) is 5.80. The van der Waals surface area contributed by atoms with Gasteiger partial charge in [-0.2, -0.15) is 5.26 Å². The molecular formula is C28H31N5O3. The van der Waals surface area contributed by atoms with Gasteiger partial charge in [0, 0.05) is 41.5 Å². The average molecular weight is 486 g/mol. The summed E-state index contributed by atoms with van der Waals surface area (Å²) in [5.41, 5.74) is 2.64. The second-order valence-corrected chi connectivity index (χ2v) is 9.44. The Morgan fingerprint density at radius 2 is 2.00 bits per heavy atom. The van der Waals surface area contributed by atoms with E-state index in [0.29, 0.717) is 40.6 Å². The van der Waals surface area contributed by atoms with Crippen LogP contribution in [0.2, 0.25) is 0 Å². The Hall–Kier alpha value is -3.83. The maximum atomic E-state index is 12.2. The Bertz CT molecular complexity index is 1290. The molecule has 3 aromatic rings. The van der Waals surface area contributed by atoms with Crippen molar-refractivity contribution in [3.8, 4) is 23.3 Å². The van der Waals surface area contributed by atoms with E-state index in [1.807, 2.05) is 31.2 Å². The van der Waals surface area contributed by atoms with E-state index in [1.54, 1.807) is 18.3 Å². The molecule has 36 heavy (non-hydrogen) atoms. The number of rotatable bonds is 9. The van der Waals surface area contributed by atoms with E-state index < -0.39 is 0 Å². The Morgan fingerprint density at radius 3 is 2.78 bits per heavy atom. The van der Waals surface area contributed by atoms with Crippen molar-refractivity contribution in [2.24, 2.45) is 0 Å². The number of nitrogens with zero attached hydrogens (tertiary/aromatic N) is 3. The molecular weight excluding hydrogens is 454 g/mol. The Labute approximate surface area is 211 Å². The Balaban J connectivity index is 1.31. The topological polar surface area (TPSA) is 99.5 Å². The zero-order valence-corrected chi connectivity index (χ0v) is 20.5. The van der Waals surface area contributed by atoms with E-state index in [4.69, 9.17) is 9.47 Å². The van der Waals surface area contributed by atoms with Gasteiger partial charge < -0.3 is 25.0 Å². The number of carbonyl (C=O) groups excluding carboxylic acids is 1. The van der Waals surface area contributed by atoms with Crippen LogP contribution in [0.5, 0.6) is 17.2 Å². The van der Waals surface area contributed by atoms with E-state index in [2.05, 4.69) is 26.6 Å². The van der Waals surface area contributed by atoms with E-state index in [-0.39, 0.29) is 12.1 Å². The van der Waals surface area contributed by atoms with Gasteiger partial charge >= 0.3 is 6.03 Å². The molecule has 0 unspecified atom stereocenters. The normalized spacial score (nSPS) is 15.4. The molecule has 8 heteroatoms. The SMILES string of the molecule is Cc1c(NC(=O)NC2CC2)cccc1Oc1ccnc2cc(OCCCN3CCCC3)c(C#N)cc12. The lowest BCUT2D eigenvalue weighted by atomic mass is 10.1. The van der Waals surface area contributed by atoms with Gasteiger partial charge in [0.05, 0.1) is 17.7 Å². The predicted octanol–water partition coefficient (Wildman–Crippen LogP) is 5.36. The smallest absolute Gasteiger partial charge is 0.319 e. The molecule has 2 N–H and O–H groups in total. The number of nitriles is 1. The first kappa shape index (κ1) is 23.9. The highest BCUT2D eigenvalue weighted by molar-refractivity contribution is 5.91. The van der Waals surface area contributed by atoms with Crippen LogP contribution in [0.15, 0.2) is 42.6 Å². The number of ether oxygens (including phenoxy) is 2. The average Bonchev–Trinajstić information content (AvgIpc) is 3.53. The quantitative estimate of drug-likeness (QED) is 0.396. The predicted molar refractivity (Wildman–Crippen MR) is 139 cm³/mol. The molecule has 2 heterocycles. The lowest BCUT2D eigenvalue weighted by Crippen LogP contribution is -2.30. The lowest BCUT2D eigenvalue weighted by Gasteiger charge is -2.16. The van der Waals surface area contributed by atoms with Crippen LogP contribution in [0.3, 0.4) is 0 Å². The minimum absolute atomic E-state index is 0.210. The van der Waals surface area contributed by atoms with Gasteiger partial charge in [0.1, 0.15) is 23.3 Å². The number of anilines is 1. The number of hydrogen-bond donors (Lipinski definition) is 2. The van der Waals surface area contributed by atoms with Crippen molar-refractivity contribution in [1.82, 2.24) is 15.2 Å². The van der Waals surface area contributed by atoms with Crippen molar-refractivity contribution in [3.63, 3.8) is 0 Å². The Kier molecular flexibility index (Phi) is 7.19. The van der Waals surface area contributed by atoms with Crippen LogP contribution in [0.25, 0.3) is 10.9 Å². The minimum atomic E-state index is -0.210. The number of urea groups is 1. The first-order valence-electron chi connectivity index (χ1n) is 12.6. The second-order valence-electron chi connectivity index (χ2n) is 9.44. The van der Waals surface area contributed by atoms with Crippen LogP contribution in [-0.4, -0.2) is 48.2 Å². The van der Waals surface area contributed by atoms with Gasteiger partial charge in [-0.15, -0.1) is 0 Å². The maximum Gasteiger partial charge on any atom is 0.319 e. The molecule has 1 aliphatic heterocycles. The van der Waals surface area contributed by atoms with Crippen LogP contribution in [0, 0.1) is 18.3 Å². The number of benzene rings is 2. The molecule has 0 radical (unpaired) electrons. The highest BCUT2D eigenvalue weighted by atomic mass is 16.5. The number of aromatic nitrogens is 1. The van der Waals surface area contributed by atoms with Crippen molar-refractivity contribution in [1.29, 1.82) is 5.26 Å². The molecule has 2 aromatic carbocycles. The second kappa shape index (κ2) is 10.8. The van der Waals surface area contributed by atoms with Gasteiger partial charge in [0.15, 0.2) is 0 Å². The summed E-state index contributed by atoms with van der Waals surface area (Å²) < 4.78 is 12.2. The zero-order chi connectivity index (χ0) is 24.9. The van der Waals surface area contributed by atoms with Crippen LogP contribution in [0.4, 0.5) is 10.5 Å². The van der Waals surface area contributed by atoms with Gasteiger partial charge in [-0.1, -0.05) is 6.07 Å². The zero-order valence-electron chi connectivity index (χ0n) is 20.5. The van der Waals surface area contributed by atoms with Crippen molar-refractivity contribution in [3.05, 3.63) is 53.7 Å². The first-order chi connectivity index (χ1) is 17.6. The summed E-state index contributed by atoms with van der Waals surface area (Å²) in [4.78, 5) is 19.1. The van der Waals surface area contributed by atoms with Gasteiger partial charge in [-0.3, -0.25) is 4.98 Å². The molecule has 2 fully saturated rings. The largest absolute Gasteiger partial charge is 0.492 e. The highest BCUT2D eigenvalue weighted by Gasteiger charge is 2.23. The number of carbonyl (C=O) groups is 1. The summed E-state index contributed by atoms with van der Waals surface area (Å²) >= 11 is 0. The molecule has 1 saturated heterocycles. The molecule has 0 spiro atoms. The number of hydrogen-bond acceptors (Lipinski definition) is 6. The van der Waals surface area contributed by atoms with Crippen molar-refractivity contribution in [2.75, 3.05) is 31.6 Å². The van der Waals surface area contributed by atoms with E-state index in [9.17, 15) is 10.1 Å². The highest BCUT2D eigenvalue weighted by Crippen LogP contribution is 2.35. The standard InChI is InChI=1S/C28H31N5O3/c1-19-23(32-28(34)31-21-8-9-21)6-4-7-25(19)36-26-10-11-30-24-17-27(20(18-29)16-22(24)26)35-15-5-14-33-12-2-3-13-33/h4,6-7,10-11,16-17,21H,2-3,5,8-9,12-15H2,1H3,(H2,31,32,34).